The van der Waals surface area contributed by atoms with E-state index in [1.54, 1.807) is 21.0 Å². The first-order valence-electron chi connectivity index (χ1n) is 2.27. The molecule has 0 saturated carbocycles. The van der Waals surface area contributed by atoms with Crippen LogP contribution in [0, 0.1) is 0 Å². The topological polar surface area (TPSA) is 29.5 Å². The Labute approximate surface area is 51.5 Å². The van der Waals surface area contributed by atoms with Crippen LogP contribution < -0.4 is 0 Å². The first kappa shape index (κ1) is 10.8. The molecule has 0 rings (SSSR count). The van der Waals surface area contributed by atoms with E-state index in [2.05, 4.69) is 4.74 Å². The molecule has 0 aromatic heterocycles. The predicted molar refractivity (Wildman–Crippen MR) is 34.9 cm³/mol. The molecule has 2 nitrogen and oxygen atoms in total. The molecule has 0 aromatic rings. The van der Waals surface area contributed by atoms with Crippen molar-refractivity contribution in [3.05, 3.63) is 0 Å². The largest absolute Gasteiger partial charge is 0.388 e. The first-order valence-corrected chi connectivity index (χ1v) is 2.27. The number of hydrogen-bond donors (Lipinski definition) is 1. The van der Waals surface area contributed by atoms with Gasteiger partial charge in [0.1, 0.15) is 0 Å². The van der Waals surface area contributed by atoms with Crippen LogP contribution >= 0.6 is 0 Å². The van der Waals surface area contributed by atoms with Crippen LogP contribution in [-0.4, -0.2) is 24.4 Å². The molecule has 0 saturated heterocycles. The van der Waals surface area contributed by atoms with Crippen molar-refractivity contribution < 1.29 is 9.84 Å². The molecule has 52 valence electrons. The van der Waals surface area contributed by atoms with Gasteiger partial charge >= 0.3 is 0 Å². The van der Waals surface area contributed by atoms with E-state index >= 15 is 0 Å². The summed E-state index contributed by atoms with van der Waals surface area (Å²) in [5.74, 6) is 0. The summed E-state index contributed by atoms with van der Waals surface area (Å²) in [5, 5.41) is 8.89. The fourth-order valence-electron chi connectivity index (χ4n) is 0.353. The Kier molecular flexibility index (Phi) is 5.23. The first-order chi connectivity index (χ1) is 3.06. The van der Waals surface area contributed by atoms with Gasteiger partial charge in [-0.15, -0.1) is 0 Å². The molecule has 0 fully saturated rings. The molecular formula is C6H16O2. The lowest BCUT2D eigenvalue weighted by molar-refractivity contribution is -0.00196. The Bertz CT molecular complexity index is 45.0. The molecule has 0 atom stereocenters. The van der Waals surface area contributed by atoms with E-state index in [0.717, 1.165) is 0 Å². The van der Waals surface area contributed by atoms with E-state index in [1.807, 2.05) is 0 Å². The lowest BCUT2D eigenvalue weighted by atomic mass is 10.2. The fraction of sp³-hybridized carbons (Fsp3) is 1.00. The lowest BCUT2D eigenvalue weighted by Gasteiger charge is -2.13. The van der Waals surface area contributed by atoms with Crippen LogP contribution in [0.2, 0.25) is 0 Å². The molecule has 0 radical (unpaired) electrons. The van der Waals surface area contributed by atoms with Crippen LogP contribution in [0.4, 0.5) is 0 Å². The molecule has 2 heteroatoms. The van der Waals surface area contributed by atoms with Gasteiger partial charge in [0.15, 0.2) is 0 Å². The molecule has 0 unspecified atom stereocenters. The third kappa shape index (κ3) is 9.33. The van der Waals surface area contributed by atoms with Gasteiger partial charge in [-0.1, -0.05) is 7.43 Å². The summed E-state index contributed by atoms with van der Waals surface area (Å²) in [7, 11) is 1.57. The lowest BCUT2D eigenvalue weighted by Crippen LogP contribution is -2.24. The van der Waals surface area contributed by atoms with E-state index in [9.17, 15) is 0 Å². The minimum atomic E-state index is -0.672. The Morgan fingerprint density at radius 3 is 1.88 bits per heavy atom. The van der Waals surface area contributed by atoms with E-state index in [4.69, 9.17) is 5.11 Å². The smallest absolute Gasteiger partial charge is 0.0824 e. The van der Waals surface area contributed by atoms with Crippen molar-refractivity contribution in [1.82, 2.24) is 0 Å². The maximum Gasteiger partial charge on any atom is 0.0824 e. The standard InChI is InChI=1S/C5H12O2.CH4/c1-5(2,6)4-7-3;/h6H,4H2,1-3H3;1H4. The highest BCUT2D eigenvalue weighted by molar-refractivity contribution is 4.61. The minimum absolute atomic E-state index is 0. The van der Waals surface area contributed by atoms with E-state index in [-0.39, 0.29) is 7.43 Å². The van der Waals surface area contributed by atoms with Gasteiger partial charge in [-0.3, -0.25) is 0 Å². The predicted octanol–water partition coefficient (Wildman–Crippen LogP) is 1.04. The molecule has 0 spiro atoms. The van der Waals surface area contributed by atoms with Crippen LogP contribution in [0.1, 0.15) is 21.3 Å². The maximum atomic E-state index is 8.89. The van der Waals surface area contributed by atoms with E-state index in [0.29, 0.717) is 6.61 Å². The quantitative estimate of drug-likeness (QED) is 0.590. The minimum Gasteiger partial charge on any atom is -0.388 e. The number of aliphatic hydroxyl groups is 1. The highest BCUT2D eigenvalue weighted by Gasteiger charge is 2.09. The monoisotopic (exact) mass is 120 g/mol. The summed E-state index contributed by atoms with van der Waals surface area (Å²) in [4.78, 5) is 0. The van der Waals surface area contributed by atoms with Crippen molar-refractivity contribution in [1.29, 1.82) is 0 Å². The summed E-state index contributed by atoms with van der Waals surface area (Å²) < 4.78 is 4.66. The van der Waals surface area contributed by atoms with Gasteiger partial charge in [0.2, 0.25) is 0 Å². The van der Waals surface area contributed by atoms with Crippen LogP contribution in [0.3, 0.4) is 0 Å². The number of methoxy groups -OCH3 is 1. The molecule has 0 aliphatic heterocycles. The van der Waals surface area contributed by atoms with Gasteiger partial charge in [0.05, 0.1) is 12.2 Å². The summed E-state index contributed by atoms with van der Waals surface area (Å²) in [5.41, 5.74) is -0.672. The van der Waals surface area contributed by atoms with Gasteiger partial charge < -0.3 is 9.84 Å². The van der Waals surface area contributed by atoms with Crippen molar-refractivity contribution in [2.45, 2.75) is 26.9 Å². The second-order valence-corrected chi connectivity index (χ2v) is 2.25. The second kappa shape index (κ2) is 3.87. The van der Waals surface area contributed by atoms with E-state index < -0.39 is 5.60 Å². The van der Waals surface area contributed by atoms with Gasteiger partial charge in [0, 0.05) is 7.11 Å². The molecule has 0 aliphatic carbocycles. The summed E-state index contributed by atoms with van der Waals surface area (Å²) in [6.45, 7) is 3.81. The Morgan fingerprint density at radius 1 is 1.50 bits per heavy atom. The zero-order chi connectivity index (χ0) is 5.91. The summed E-state index contributed by atoms with van der Waals surface area (Å²) in [6, 6.07) is 0. The normalized spacial score (nSPS) is 10.5. The highest BCUT2D eigenvalue weighted by Crippen LogP contribution is 1.98. The van der Waals surface area contributed by atoms with Crippen LogP contribution in [0.15, 0.2) is 0 Å². The molecule has 0 aliphatic rings. The van der Waals surface area contributed by atoms with Crippen LogP contribution in [0.25, 0.3) is 0 Å². The average Bonchev–Trinajstić information content (AvgIpc) is 1.30. The summed E-state index contributed by atoms with van der Waals surface area (Å²) in [6.07, 6.45) is 0. The van der Waals surface area contributed by atoms with Crippen molar-refractivity contribution in [2.24, 2.45) is 0 Å². The van der Waals surface area contributed by atoms with Gasteiger partial charge in [-0.05, 0) is 13.8 Å². The third-order valence-corrected chi connectivity index (χ3v) is 0.498. The van der Waals surface area contributed by atoms with Crippen molar-refractivity contribution >= 4 is 0 Å². The van der Waals surface area contributed by atoms with Gasteiger partial charge in [0.25, 0.3) is 0 Å². The van der Waals surface area contributed by atoms with Crippen LogP contribution in [0.5, 0.6) is 0 Å². The summed E-state index contributed by atoms with van der Waals surface area (Å²) >= 11 is 0. The van der Waals surface area contributed by atoms with Crippen LogP contribution in [-0.2, 0) is 4.74 Å². The van der Waals surface area contributed by atoms with Crippen molar-refractivity contribution in [3.8, 4) is 0 Å². The van der Waals surface area contributed by atoms with Crippen molar-refractivity contribution in [2.75, 3.05) is 13.7 Å². The Balaban J connectivity index is 0. The number of rotatable bonds is 2. The fourth-order valence-corrected chi connectivity index (χ4v) is 0.353. The molecule has 8 heavy (non-hydrogen) atoms. The molecular weight excluding hydrogens is 104 g/mol. The van der Waals surface area contributed by atoms with E-state index in [1.165, 1.54) is 0 Å². The molecule has 0 heterocycles. The van der Waals surface area contributed by atoms with Crippen molar-refractivity contribution in [3.63, 3.8) is 0 Å². The average molecular weight is 120 g/mol. The number of hydrogen-bond acceptors (Lipinski definition) is 2. The number of ether oxygens (including phenoxy) is 1. The molecule has 0 aromatic carbocycles. The Morgan fingerprint density at radius 2 is 1.88 bits per heavy atom. The SMILES string of the molecule is C.COCC(C)(C)O. The van der Waals surface area contributed by atoms with Gasteiger partial charge in [-0.2, -0.15) is 0 Å². The maximum absolute atomic E-state index is 8.89. The third-order valence-electron chi connectivity index (χ3n) is 0.498. The van der Waals surface area contributed by atoms with Gasteiger partial charge in [-0.25, -0.2) is 0 Å². The molecule has 0 amide bonds. The zero-order valence-electron chi connectivity index (χ0n) is 5.06. The Hall–Kier alpha value is -0.0800. The highest BCUT2D eigenvalue weighted by atomic mass is 16.5. The zero-order valence-corrected chi connectivity index (χ0v) is 5.06. The second-order valence-electron chi connectivity index (χ2n) is 2.25. The molecule has 1 N–H and O–H groups in total. The molecule has 0 bridgehead atoms.